The highest BCUT2D eigenvalue weighted by Crippen LogP contribution is 2.37. The molecular formula is C25H29N5O2. The quantitative estimate of drug-likeness (QED) is 0.591. The summed E-state index contributed by atoms with van der Waals surface area (Å²) in [5, 5.41) is 0. The molecule has 3 heterocycles. The number of anilines is 1. The van der Waals surface area contributed by atoms with Crippen molar-refractivity contribution in [2.75, 3.05) is 32.6 Å². The molecular weight excluding hydrogens is 402 g/mol. The maximum atomic E-state index is 13.4. The van der Waals surface area contributed by atoms with E-state index in [1.165, 1.54) is 0 Å². The molecule has 7 heteroatoms. The van der Waals surface area contributed by atoms with Gasteiger partial charge < -0.3 is 14.5 Å². The number of aryl methyl sites for hydroxylation is 1. The second-order valence-corrected chi connectivity index (χ2v) is 8.33. The van der Waals surface area contributed by atoms with Gasteiger partial charge >= 0.3 is 0 Å². The topological polar surface area (TPSA) is 71.5 Å². The van der Waals surface area contributed by atoms with Crippen molar-refractivity contribution in [3.8, 4) is 16.9 Å². The summed E-state index contributed by atoms with van der Waals surface area (Å²) in [5.74, 6) is 1.59. The Morgan fingerprint density at radius 3 is 2.69 bits per heavy atom. The van der Waals surface area contributed by atoms with Gasteiger partial charge in [0.15, 0.2) is 0 Å². The van der Waals surface area contributed by atoms with Crippen molar-refractivity contribution in [3.63, 3.8) is 0 Å². The van der Waals surface area contributed by atoms with Gasteiger partial charge in [0, 0.05) is 44.8 Å². The lowest BCUT2D eigenvalue weighted by Gasteiger charge is -2.27. The summed E-state index contributed by atoms with van der Waals surface area (Å²) < 4.78 is 5.35. The number of benzene rings is 1. The minimum atomic E-state index is -0.0771. The van der Waals surface area contributed by atoms with Crippen molar-refractivity contribution >= 4 is 11.9 Å². The van der Waals surface area contributed by atoms with Crippen molar-refractivity contribution in [2.24, 2.45) is 0 Å². The molecule has 1 fully saturated rings. The predicted octanol–water partition coefficient (Wildman–Crippen LogP) is 3.83. The standard InChI is InChI=1S/C25H29N5O2/c1-17-14-18(7-8-22(17)32-4)15-23(31)30-13-5-6-21(30)24-20(19-9-11-26-12-10-19)16-27-25(28-24)29(2)3/h7-12,14,16,21H,5-6,13,15H2,1-4H3/t21-/m0/s1. The first-order chi connectivity index (χ1) is 15.5. The average molecular weight is 432 g/mol. The van der Waals surface area contributed by atoms with Crippen LogP contribution in [-0.2, 0) is 11.2 Å². The van der Waals surface area contributed by atoms with Crippen LogP contribution in [0.4, 0.5) is 5.95 Å². The number of carbonyl (C=O) groups excluding carboxylic acids is 1. The van der Waals surface area contributed by atoms with Gasteiger partial charge in [-0.2, -0.15) is 0 Å². The lowest BCUT2D eigenvalue weighted by molar-refractivity contribution is -0.131. The highest BCUT2D eigenvalue weighted by Gasteiger charge is 2.33. The maximum Gasteiger partial charge on any atom is 0.227 e. The van der Waals surface area contributed by atoms with E-state index < -0.39 is 0 Å². The Labute approximate surface area is 189 Å². The monoisotopic (exact) mass is 431 g/mol. The Morgan fingerprint density at radius 1 is 1.22 bits per heavy atom. The molecule has 7 nitrogen and oxygen atoms in total. The van der Waals surface area contributed by atoms with Crippen molar-refractivity contribution < 1.29 is 9.53 Å². The zero-order chi connectivity index (χ0) is 22.7. The zero-order valence-corrected chi connectivity index (χ0v) is 19.1. The second kappa shape index (κ2) is 9.34. The molecule has 4 rings (SSSR count). The van der Waals surface area contributed by atoms with E-state index in [4.69, 9.17) is 9.72 Å². The molecule has 0 saturated carbocycles. The predicted molar refractivity (Wildman–Crippen MR) is 125 cm³/mol. The molecule has 1 aromatic carbocycles. The van der Waals surface area contributed by atoms with Crippen molar-refractivity contribution in [1.29, 1.82) is 0 Å². The summed E-state index contributed by atoms with van der Waals surface area (Å²) in [7, 11) is 5.51. The van der Waals surface area contributed by atoms with Gasteiger partial charge in [-0.25, -0.2) is 9.97 Å². The van der Waals surface area contributed by atoms with Crippen LogP contribution in [0.25, 0.3) is 11.1 Å². The Hall–Kier alpha value is -3.48. The highest BCUT2D eigenvalue weighted by atomic mass is 16.5. The number of rotatable bonds is 6. The number of aromatic nitrogens is 3. The van der Waals surface area contributed by atoms with Crippen LogP contribution in [0.2, 0.25) is 0 Å². The first-order valence-corrected chi connectivity index (χ1v) is 10.9. The SMILES string of the molecule is COc1ccc(CC(=O)N2CCC[C@H]2c2nc(N(C)C)ncc2-c2ccncc2)cc1C. The molecule has 0 radical (unpaired) electrons. The van der Waals surface area contributed by atoms with Crippen LogP contribution in [0.15, 0.2) is 48.9 Å². The largest absolute Gasteiger partial charge is 0.496 e. The van der Waals surface area contributed by atoms with E-state index in [2.05, 4.69) is 9.97 Å². The molecule has 3 aromatic rings. The van der Waals surface area contributed by atoms with Gasteiger partial charge in [-0.3, -0.25) is 9.78 Å². The maximum absolute atomic E-state index is 13.4. The fraction of sp³-hybridized carbons (Fsp3) is 0.360. The Balaban J connectivity index is 1.66. The van der Waals surface area contributed by atoms with E-state index in [-0.39, 0.29) is 11.9 Å². The molecule has 2 aromatic heterocycles. The summed E-state index contributed by atoms with van der Waals surface area (Å²) in [4.78, 5) is 30.8. The van der Waals surface area contributed by atoms with Crippen LogP contribution >= 0.6 is 0 Å². The van der Waals surface area contributed by atoms with Gasteiger partial charge in [0.25, 0.3) is 0 Å². The molecule has 1 aliphatic rings. The van der Waals surface area contributed by atoms with Crippen LogP contribution in [0.3, 0.4) is 0 Å². The number of hydrogen-bond donors (Lipinski definition) is 0. The van der Waals surface area contributed by atoms with Crippen LogP contribution in [-0.4, -0.2) is 53.5 Å². The second-order valence-electron chi connectivity index (χ2n) is 8.33. The molecule has 32 heavy (non-hydrogen) atoms. The first kappa shape index (κ1) is 21.7. The average Bonchev–Trinajstić information content (AvgIpc) is 3.29. The highest BCUT2D eigenvalue weighted by molar-refractivity contribution is 5.80. The Morgan fingerprint density at radius 2 is 2.00 bits per heavy atom. The summed E-state index contributed by atoms with van der Waals surface area (Å²) >= 11 is 0. The van der Waals surface area contributed by atoms with E-state index in [1.54, 1.807) is 19.5 Å². The minimum Gasteiger partial charge on any atom is -0.496 e. The minimum absolute atomic E-state index is 0.0771. The summed E-state index contributed by atoms with van der Waals surface area (Å²) in [6, 6.07) is 9.75. The molecule has 166 valence electrons. The summed E-state index contributed by atoms with van der Waals surface area (Å²) in [6.45, 7) is 2.73. The summed E-state index contributed by atoms with van der Waals surface area (Å²) in [6.07, 6.45) is 7.59. The number of nitrogens with zero attached hydrogens (tertiary/aromatic N) is 5. The molecule has 0 N–H and O–H groups in total. The number of methoxy groups -OCH3 is 1. The lowest BCUT2D eigenvalue weighted by Crippen LogP contribution is -2.33. The molecule has 1 saturated heterocycles. The van der Waals surface area contributed by atoms with E-state index in [1.807, 2.05) is 67.3 Å². The van der Waals surface area contributed by atoms with E-state index in [0.717, 1.165) is 53.1 Å². The van der Waals surface area contributed by atoms with Crippen LogP contribution in [0, 0.1) is 6.92 Å². The molecule has 1 amide bonds. The molecule has 0 spiro atoms. The molecule has 0 aliphatic carbocycles. The van der Waals surface area contributed by atoms with Crippen molar-refractivity contribution in [2.45, 2.75) is 32.2 Å². The smallest absolute Gasteiger partial charge is 0.227 e. The number of carbonyl (C=O) groups is 1. The lowest BCUT2D eigenvalue weighted by atomic mass is 10.00. The van der Waals surface area contributed by atoms with E-state index in [0.29, 0.717) is 12.4 Å². The third-order valence-corrected chi connectivity index (χ3v) is 5.90. The number of hydrogen-bond acceptors (Lipinski definition) is 6. The Bertz CT molecular complexity index is 1100. The number of ether oxygens (including phenoxy) is 1. The normalized spacial score (nSPS) is 15.6. The first-order valence-electron chi connectivity index (χ1n) is 10.9. The Kier molecular flexibility index (Phi) is 6.35. The zero-order valence-electron chi connectivity index (χ0n) is 19.1. The third-order valence-electron chi connectivity index (χ3n) is 5.90. The fourth-order valence-corrected chi connectivity index (χ4v) is 4.28. The van der Waals surface area contributed by atoms with Gasteiger partial charge in [-0.15, -0.1) is 0 Å². The molecule has 1 aliphatic heterocycles. The van der Waals surface area contributed by atoms with Gasteiger partial charge in [0.05, 0.1) is 25.3 Å². The fourth-order valence-electron chi connectivity index (χ4n) is 4.28. The van der Waals surface area contributed by atoms with Gasteiger partial charge in [-0.1, -0.05) is 12.1 Å². The van der Waals surface area contributed by atoms with Gasteiger partial charge in [0.1, 0.15) is 5.75 Å². The number of likely N-dealkylation sites (tertiary alicyclic amines) is 1. The molecule has 0 bridgehead atoms. The summed E-state index contributed by atoms with van der Waals surface area (Å²) in [5.41, 5.74) is 4.87. The number of amides is 1. The van der Waals surface area contributed by atoms with Crippen LogP contribution < -0.4 is 9.64 Å². The molecule has 1 atom stereocenters. The van der Waals surface area contributed by atoms with E-state index in [9.17, 15) is 4.79 Å². The third kappa shape index (κ3) is 4.42. The van der Waals surface area contributed by atoms with Crippen LogP contribution in [0.5, 0.6) is 5.75 Å². The van der Waals surface area contributed by atoms with Crippen LogP contribution in [0.1, 0.15) is 35.7 Å². The van der Waals surface area contributed by atoms with E-state index >= 15 is 0 Å². The van der Waals surface area contributed by atoms with Crippen molar-refractivity contribution in [3.05, 3.63) is 65.7 Å². The van der Waals surface area contributed by atoms with Gasteiger partial charge in [-0.05, 0) is 54.7 Å². The number of pyridine rings is 1. The van der Waals surface area contributed by atoms with Crippen molar-refractivity contribution in [1.82, 2.24) is 19.9 Å². The van der Waals surface area contributed by atoms with Gasteiger partial charge in [0.2, 0.25) is 11.9 Å². The molecule has 0 unspecified atom stereocenters.